The summed E-state index contributed by atoms with van der Waals surface area (Å²) >= 11 is 0. The van der Waals surface area contributed by atoms with E-state index in [9.17, 15) is 32.7 Å². The van der Waals surface area contributed by atoms with Crippen LogP contribution in [-0.2, 0) is 14.3 Å². The number of hydrogen-bond donors (Lipinski definition) is 2. The average molecular weight is 543 g/mol. The van der Waals surface area contributed by atoms with Crippen molar-refractivity contribution in [3.8, 4) is 0 Å². The van der Waals surface area contributed by atoms with E-state index in [2.05, 4.69) is 10.2 Å². The van der Waals surface area contributed by atoms with E-state index in [1.807, 2.05) is 13.8 Å². The van der Waals surface area contributed by atoms with Gasteiger partial charge in [0.15, 0.2) is 0 Å². The normalized spacial score (nSPS) is 48.3. The van der Waals surface area contributed by atoms with Crippen molar-refractivity contribution in [3.63, 3.8) is 0 Å². The number of nitrogens with one attached hydrogen (secondary N) is 1. The van der Waals surface area contributed by atoms with Crippen molar-refractivity contribution in [1.82, 2.24) is 10.2 Å². The maximum atomic E-state index is 13.9. The number of carbonyl (C=O) groups is 3. The molecule has 5 rings (SSSR count). The summed E-state index contributed by atoms with van der Waals surface area (Å²) in [6, 6.07) is 0. The van der Waals surface area contributed by atoms with Gasteiger partial charge < -0.3 is 14.7 Å². The van der Waals surface area contributed by atoms with E-state index in [-0.39, 0.29) is 30.0 Å². The second kappa shape index (κ2) is 9.18. The minimum absolute atomic E-state index is 0.0265. The predicted molar refractivity (Wildman–Crippen MR) is 132 cm³/mol. The van der Waals surface area contributed by atoms with Crippen molar-refractivity contribution in [2.45, 2.75) is 91.0 Å². The number of hydrogen-bond acceptors (Lipinski definition) is 6. The molecule has 2 aliphatic heterocycles. The molecular weight excluding hydrogens is 501 g/mol. The van der Waals surface area contributed by atoms with Crippen molar-refractivity contribution < 1.29 is 37.4 Å². The number of alkyl halides is 3. The number of piperidine rings is 1. The minimum Gasteiger partial charge on any atom is -0.445 e. The summed E-state index contributed by atoms with van der Waals surface area (Å²) in [4.78, 5) is 41.7. The number of aliphatic hydroxyl groups excluding tert-OH is 1. The summed E-state index contributed by atoms with van der Waals surface area (Å²) < 4.78 is 47.6. The monoisotopic (exact) mass is 542 g/mol. The highest BCUT2D eigenvalue weighted by molar-refractivity contribution is 5.93. The maximum absolute atomic E-state index is 13.9. The van der Waals surface area contributed by atoms with Gasteiger partial charge in [-0.15, -0.1) is 0 Å². The third-order valence-corrected chi connectivity index (χ3v) is 11.6. The lowest BCUT2D eigenvalue weighted by molar-refractivity contribution is -0.225. The zero-order chi connectivity index (χ0) is 27.8. The number of ketones is 1. The van der Waals surface area contributed by atoms with E-state index in [1.54, 1.807) is 6.92 Å². The van der Waals surface area contributed by atoms with Crippen LogP contribution in [-0.4, -0.2) is 65.8 Å². The van der Waals surface area contributed by atoms with Gasteiger partial charge in [0.25, 0.3) is 0 Å². The number of carbonyl (C=O) groups excluding carboxylic acids is 3. The molecule has 2 amide bonds. The number of nitrogens with zero attached hydrogens (tertiary/aromatic N) is 1. The average Bonchev–Trinajstić information content (AvgIpc) is 3.54. The number of rotatable bonds is 3. The van der Waals surface area contributed by atoms with Crippen LogP contribution in [0.4, 0.5) is 18.0 Å². The SMILES string of the molecule is C[C@@H]1CCC23CCC(=O)C2[C@]1(C)[C@H](OC(=O)NC(=O)[C@H]1CN2CC[C@@H]1C2)C[C@@](C)(CC(F)(F)F)[C@@H](O)[C@@H]3C. The fourth-order valence-corrected chi connectivity index (χ4v) is 9.42. The van der Waals surface area contributed by atoms with Gasteiger partial charge in [0.2, 0.25) is 5.91 Å². The van der Waals surface area contributed by atoms with Crippen LogP contribution in [0.1, 0.15) is 72.6 Å². The molecule has 11 atom stereocenters. The molecule has 0 spiro atoms. The maximum Gasteiger partial charge on any atom is 0.414 e. The summed E-state index contributed by atoms with van der Waals surface area (Å²) in [6.45, 7) is 9.40. The van der Waals surface area contributed by atoms with Gasteiger partial charge in [-0.2, -0.15) is 13.2 Å². The Morgan fingerprint density at radius 1 is 1.16 bits per heavy atom. The van der Waals surface area contributed by atoms with Gasteiger partial charge in [0.1, 0.15) is 11.9 Å². The largest absolute Gasteiger partial charge is 0.445 e. The molecular formula is C28H41F3N2O5. The third kappa shape index (κ3) is 4.28. The quantitative estimate of drug-likeness (QED) is 0.552. The molecule has 4 bridgehead atoms. The Morgan fingerprint density at radius 3 is 2.47 bits per heavy atom. The van der Waals surface area contributed by atoms with E-state index in [4.69, 9.17) is 4.74 Å². The van der Waals surface area contributed by atoms with E-state index in [0.717, 1.165) is 19.5 Å². The fourth-order valence-electron chi connectivity index (χ4n) is 9.42. The number of halogens is 3. The number of fused-ring (bicyclic) bond motifs is 2. The Bertz CT molecular complexity index is 1010. The highest BCUT2D eigenvalue weighted by atomic mass is 19.4. The van der Waals surface area contributed by atoms with Gasteiger partial charge in [-0.25, -0.2) is 4.79 Å². The van der Waals surface area contributed by atoms with Gasteiger partial charge in [0, 0.05) is 36.3 Å². The van der Waals surface area contributed by atoms with E-state index in [0.29, 0.717) is 32.2 Å². The summed E-state index contributed by atoms with van der Waals surface area (Å²) in [5.41, 5.74) is -3.21. The third-order valence-electron chi connectivity index (χ3n) is 11.6. The van der Waals surface area contributed by atoms with E-state index >= 15 is 0 Å². The standard InChI is InChI=1S/C28H41F3N2O5/c1-15-5-8-27-9-6-19(34)21(27)26(15,4)20(11-25(3,14-28(29,30)31)22(35)16(27)2)38-24(37)32-23(36)18-13-33-10-7-17(18)12-33/h15-18,20-22,35H,5-14H2,1-4H3,(H,32,36,37)/t15-,16+,17-,18+,20-,21?,22+,25+,26+,27?/m1/s1. The molecule has 3 unspecified atom stereocenters. The molecule has 5 aliphatic rings. The first kappa shape index (κ1) is 27.9. The lowest BCUT2D eigenvalue weighted by atomic mass is 9.43. The Labute approximate surface area is 222 Å². The lowest BCUT2D eigenvalue weighted by Crippen LogP contribution is -2.64. The van der Waals surface area contributed by atoms with Crippen molar-refractivity contribution in [1.29, 1.82) is 0 Å². The zero-order valence-corrected chi connectivity index (χ0v) is 22.8. The van der Waals surface area contributed by atoms with Crippen molar-refractivity contribution in [3.05, 3.63) is 0 Å². The van der Waals surface area contributed by atoms with E-state index < -0.39 is 64.9 Å². The molecule has 10 heteroatoms. The first-order valence-corrected chi connectivity index (χ1v) is 14.1. The summed E-state index contributed by atoms with van der Waals surface area (Å²) in [5.74, 6) is -1.70. The number of imide groups is 1. The Kier molecular flexibility index (Phi) is 6.73. The molecule has 0 aromatic carbocycles. The highest BCUT2D eigenvalue weighted by Gasteiger charge is 2.69. The molecule has 0 aromatic rings. The van der Waals surface area contributed by atoms with Crippen molar-refractivity contribution in [2.24, 2.45) is 45.8 Å². The van der Waals surface area contributed by atoms with Crippen LogP contribution in [0.3, 0.4) is 0 Å². The van der Waals surface area contributed by atoms with Crippen LogP contribution in [0.2, 0.25) is 0 Å². The first-order valence-electron chi connectivity index (χ1n) is 14.1. The number of ether oxygens (including phenoxy) is 1. The molecule has 2 saturated heterocycles. The molecule has 2 N–H and O–H groups in total. The van der Waals surface area contributed by atoms with Crippen molar-refractivity contribution >= 4 is 17.8 Å². The van der Waals surface area contributed by atoms with Gasteiger partial charge >= 0.3 is 12.3 Å². The first-order chi connectivity index (χ1) is 17.6. The summed E-state index contributed by atoms with van der Waals surface area (Å²) in [5, 5.41) is 13.9. The van der Waals surface area contributed by atoms with Gasteiger partial charge in [-0.05, 0) is 61.8 Å². The van der Waals surface area contributed by atoms with Gasteiger partial charge in [-0.1, -0.05) is 27.7 Å². The molecule has 3 saturated carbocycles. The topological polar surface area (TPSA) is 95.9 Å². The van der Waals surface area contributed by atoms with Crippen LogP contribution in [0.15, 0.2) is 0 Å². The molecule has 214 valence electrons. The second-order valence-corrected chi connectivity index (χ2v) is 13.6. The Balaban J connectivity index is 1.49. The van der Waals surface area contributed by atoms with Crippen molar-refractivity contribution in [2.75, 3.05) is 19.6 Å². The lowest BCUT2D eigenvalue weighted by Gasteiger charge is -2.62. The summed E-state index contributed by atoms with van der Waals surface area (Å²) in [7, 11) is 0. The molecule has 0 radical (unpaired) electrons. The fraction of sp³-hybridized carbons (Fsp3) is 0.893. The van der Waals surface area contributed by atoms with Gasteiger partial charge in [0.05, 0.1) is 18.4 Å². The Hall–Kier alpha value is -1.68. The number of aliphatic hydroxyl groups is 1. The second-order valence-electron chi connectivity index (χ2n) is 13.6. The van der Waals surface area contributed by atoms with Crippen LogP contribution < -0.4 is 5.32 Å². The van der Waals surface area contributed by atoms with Gasteiger partial charge in [-0.3, -0.25) is 14.9 Å². The molecule has 0 aromatic heterocycles. The molecule has 38 heavy (non-hydrogen) atoms. The minimum atomic E-state index is -4.54. The number of amides is 2. The molecule has 3 aliphatic carbocycles. The molecule has 7 nitrogen and oxygen atoms in total. The smallest absolute Gasteiger partial charge is 0.414 e. The number of alkyl carbamates (subject to hydrolysis) is 1. The van der Waals surface area contributed by atoms with Crippen LogP contribution in [0.5, 0.6) is 0 Å². The zero-order valence-electron chi connectivity index (χ0n) is 22.8. The molecule has 5 fully saturated rings. The Morgan fingerprint density at radius 2 is 1.87 bits per heavy atom. The van der Waals surface area contributed by atoms with E-state index in [1.165, 1.54) is 6.92 Å². The predicted octanol–water partition coefficient (Wildman–Crippen LogP) is 4.32. The summed E-state index contributed by atoms with van der Waals surface area (Å²) in [6.07, 6.45) is -6.36. The van der Waals surface area contributed by atoms with Crippen LogP contribution in [0.25, 0.3) is 0 Å². The number of Topliss-reactive ketones (excluding diaryl/α,β-unsaturated/α-hetero) is 1. The van der Waals surface area contributed by atoms with Crippen LogP contribution in [0, 0.1) is 45.8 Å². The highest BCUT2D eigenvalue weighted by Crippen LogP contribution is 2.68. The molecule has 2 heterocycles. The van der Waals surface area contributed by atoms with Crippen LogP contribution >= 0.6 is 0 Å².